The highest BCUT2D eigenvalue weighted by Gasteiger charge is 2.23. The minimum atomic E-state index is -0.526. The van der Waals surface area contributed by atoms with Gasteiger partial charge in [-0.15, -0.1) is 0 Å². The SMILES string of the molecule is CCc1nn(C)c(NC(=O)[C@H](CC(C)C)NC(C)=O)c1C. The summed E-state index contributed by atoms with van der Waals surface area (Å²) in [6.45, 7) is 9.43. The van der Waals surface area contributed by atoms with Gasteiger partial charge in [0.1, 0.15) is 11.9 Å². The molecule has 0 fully saturated rings. The Morgan fingerprint density at radius 3 is 2.38 bits per heavy atom. The Morgan fingerprint density at radius 1 is 1.33 bits per heavy atom. The zero-order valence-electron chi connectivity index (χ0n) is 13.8. The first kappa shape index (κ1) is 17.2. The van der Waals surface area contributed by atoms with Gasteiger partial charge in [-0.25, -0.2) is 0 Å². The van der Waals surface area contributed by atoms with Crippen LogP contribution in [-0.4, -0.2) is 27.6 Å². The molecule has 0 aliphatic heterocycles. The van der Waals surface area contributed by atoms with Crippen molar-refractivity contribution in [3.8, 4) is 0 Å². The quantitative estimate of drug-likeness (QED) is 0.839. The van der Waals surface area contributed by atoms with Gasteiger partial charge in [0.2, 0.25) is 11.8 Å². The van der Waals surface area contributed by atoms with Gasteiger partial charge >= 0.3 is 0 Å². The van der Waals surface area contributed by atoms with Gasteiger partial charge in [-0.05, 0) is 25.7 Å². The van der Waals surface area contributed by atoms with E-state index in [4.69, 9.17) is 0 Å². The molecule has 0 saturated carbocycles. The lowest BCUT2D eigenvalue weighted by atomic mass is 10.0. The van der Waals surface area contributed by atoms with E-state index in [0.717, 1.165) is 17.7 Å². The number of rotatable bonds is 6. The Labute approximate surface area is 126 Å². The van der Waals surface area contributed by atoms with Crippen molar-refractivity contribution in [2.75, 3.05) is 5.32 Å². The fourth-order valence-electron chi connectivity index (χ4n) is 2.35. The summed E-state index contributed by atoms with van der Waals surface area (Å²) >= 11 is 0. The summed E-state index contributed by atoms with van der Waals surface area (Å²) in [6, 6.07) is -0.526. The fraction of sp³-hybridized carbons (Fsp3) is 0.667. The molecule has 6 heteroatoms. The van der Waals surface area contributed by atoms with Gasteiger partial charge in [0, 0.05) is 19.5 Å². The van der Waals surface area contributed by atoms with Crippen LogP contribution in [0.3, 0.4) is 0 Å². The molecule has 21 heavy (non-hydrogen) atoms. The molecule has 2 N–H and O–H groups in total. The van der Waals surface area contributed by atoms with E-state index < -0.39 is 6.04 Å². The van der Waals surface area contributed by atoms with E-state index in [9.17, 15) is 9.59 Å². The van der Waals surface area contributed by atoms with Crippen molar-refractivity contribution in [1.29, 1.82) is 0 Å². The van der Waals surface area contributed by atoms with Crippen LogP contribution in [0.25, 0.3) is 0 Å². The summed E-state index contributed by atoms with van der Waals surface area (Å²) in [5, 5.41) is 9.98. The molecule has 0 saturated heterocycles. The molecular formula is C15H26N4O2. The Kier molecular flexibility index (Phi) is 5.93. The molecule has 0 radical (unpaired) electrons. The molecule has 0 aliphatic carbocycles. The predicted octanol–water partition coefficient (Wildman–Crippen LogP) is 1.78. The molecule has 0 unspecified atom stereocenters. The summed E-state index contributed by atoms with van der Waals surface area (Å²) < 4.78 is 1.67. The van der Waals surface area contributed by atoms with Gasteiger partial charge < -0.3 is 10.6 Å². The van der Waals surface area contributed by atoms with Crippen LogP contribution in [0.15, 0.2) is 0 Å². The van der Waals surface area contributed by atoms with Gasteiger partial charge in [-0.2, -0.15) is 5.10 Å². The number of carbonyl (C=O) groups excluding carboxylic acids is 2. The monoisotopic (exact) mass is 294 g/mol. The number of aromatic nitrogens is 2. The number of anilines is 1. The second-order valence-corrected chi connectivity index (χ2v) is 5.77. The van der Waals surface area contributed by atoms with Crippen molar-refractivity contribution in [2.24, 2.45) is 13.0 Å². The molecule has 0 bridgehead atoms. The van der Waals surface area contributed by atoms with Gasteiger partial charge in [-0.1, -0.05) is 20.8 Å². The van der Waals surface area contributed by atoms with Crippen molar-refractivity contribution in [2.45, 2.75) is 53.5 Å². The predicted molar refractivity (Wildman–Crippen MR) is 83.0 cm³/mol. The summed E-state index contributed by atoms with van der Waals surface area (Å²) in [6.07, 6.45) is 1.42. The zero-order chi connectivity index (χ0) is 16.2. The maximum Gasteiger partial charge on any atom is 0.248 e. The molecule has 0 aromatic carbocycles. The largest absolute Gasteiger partial charge is 0.345 e. The van der Waals surface area contributed by atoms with Crippen LogP contribution >= 0.6 is 0 Å². The van der Waals surface area contributed by atoms with Crippen molar-refractivity contribution in [3.63, 3.8) is 0 Å². The van der Waals surface area contributed by atoms with E-state index in [1.807, 2.05) is 27.7 Å². The van der Waals surface area contributed by atoms with Crippen LogP contribution in [0.5, 0.6) is 0 Å². The van der Waals surface area contributed by atoms with Crippen molar-refractivity contribution in [3.05, 3.63) is 11.3 Å². The van der Waals surface area contributed by atoms with Crippen LogP contribution < -0.4 is 10.6 Å². The van der Waals surface area contributed by atoms with E-state index in [1.165, 1.54) is 6.92 Å². The molecule has 0 spiro atoms. The lowest BCUT2D eigenvalue weighted by Crippen LogP contribution is -2.44. The highest BCUT2D eigenvalue weighted by Crippen LogP contribution is 2.19. The Balaban J connectivity index is 2.90. The molecular weight excluding hydrogens is 268 g/mol. The lowest BCUT2D eigenvalue weighted by Gasteiger charge is -2.19. The van der Waals surface area contributed by atoms with E-state index >= 15 is 0 Å². The van der Waals surface area contributed by atoms with Crippen LogP contribution in [0, 0.1) is 12.8 Å². The number of carbonyl (C=O) groups is 2. The highest BCUT2D eigenvalue weighted by molar-refractivity contribution is 5.96. The number of hydrogen-bond donors (Lipinski definition) is 2. The maximum absolute atomic E-state index is 12.4. The van der Waals surface area contributed by atoms with Gasteiger partial charge in [0.15, 0.2) is 0 Å². The first-order valence-corrected chi connectivity index (χ1v) is 7.36. The molecule has 1 aromatic heterocycles. The molecule has 6 nitrogen and oxygen atoms in total. The van der Waals surface area contributed by atoms with E-state index in [0.29, 0.717) is 18.2 Å². The van der Waals surface area contributed by atoms with Crippen LogP contribution in [0.2, 0.25) is 0 Å². The Hall–Kier alpha value is -1.85. The average Bonchev–Trinajstić information content (AvgIpc) is 2.64. The molecule has 0 aliphatic rings. The van der Waals surface area contributed by atoms with Crippen LogP contribution in [-0.2, 0) is 23.1 Å². The maximum atomic E-state index is 12.4. The zero-order valence-corrected chi connectivity index (χ0v) is 13.8. The molecule has 1 heterocycles. The van der Waals surface area contributed by atoms with Crippen molar-refractivity contribution >= 4 is 17.6 Å². The fourth-order valence-corrected chi connectivity index (χ4v) is 2.35. The number of aryl methyl sites for hydroxylation is 2. The third-order valence-electron chi connectivity index (χ3n) is 3.36. The smallest absolute Gasteiger partial charge is 0.248 e. The number of nitrogens with one attached hydrogen (secondary N) is 2. The minimum absolute atomic E-state index is 0.201. The molecule has 1 rings (SSSR count). The summed E-state index contributed by atoms with van der Waals surface area (Å²) in [4.78, 5) is 23.7. The Bertz CT molecular complexity index is 520. The Morgan fingerprint density at radius 2 is 1.95 bits per heavy atom. The molecule has 1 atom stereocenters. The number of nitrogens with zero attached hydrogens (tertiary/aromatic N) is 2. The summed E-state index contributed by atoms with van der Waals surface area (Å²) in [5.74, 6) is 0.599. The standard InChI is InChI=1S/C15H26N4O2/c1-7-12-10(4)14(19(6)18-12)17-15(21)13(8-9(2)3)16-11(5)20/h9,13H,7-8H2,1-6H3,(H,16,20)(H,17,21)/t13-/m0/s1. The second-order valence-electron chi connectivity index (χ2n) is 5.77. The molecule has 1 aromatic rings. The van der Waals surface area contributed by atoms with Gasteiger partial charge in [0.05, 0.1) is 5.69 Å². The highest BCUT2D eigenvalue weighted by atomic mass is 16.2. The topological polar surface area (TPSA) is 76.0 Å². The van der Waals surface area contributed by atoms with E-state index in [2.05, 4.69) is 15.7 Å². The van der Waals surface area contributed by atoms with E-state index in [-0.39, 0.29) is 11.8 Å². The van der Waals surface area contributed by atoms with Gasteiger partial charge in [-0.3, -0.25) is 14.3 Å². The number of hydrogen-bond acceptors (Lipinski definition) is 3. The second kappa shape index (κ2) is 7.24. The van der Waals surface area contributed by atoms with Gasteiger partial charge in [0.25, 0.3) is 0 Å². The van der Waals surface area contributed by atoms with Crippen molar-refractivity contribution < 1.29 is 9.59 Å². The lowest BCUT2D eigenvalue weighted by molar-refractivity contribution is -0.125. The van der Waals surface area contributed by atoms with Crippen LogP contribution in [0.1, 0.15) is 45.4 Å². The number of amides is 2. The third kappa shape index (κ3) is 4.58. The van der Waals surface area contributed by atoms with Crippen molar-refractivity contribution in [1.82, 2.24) is 15.1 Å². The minimum Gasteiger partial charge on any atom is -0.345 e. The average molecular weight is 294 g/mol. The third-order valence-corrected chi connectivity index (χ3v) is 3.36. The summed E-state index contributed by atoms with van der Waals surface area (Å²) in [5.41, 5.74) is 1.94. The first-order chi connectivity index (χ1) is 9.76. The first-order valence-electron chi connectivity index (χ1n) is 7.36. The van der Waals surface area contributed by atoms with E-state index in [1.54, 1.807) is 11.7 Å². The molecule has 118 valence electrons. The normalized spacial score (nSPS) is 12.3. The summed E-state index contributed by atoms with van der Waals surface area (Å²) in [7, 11) is 1.80. The van der Waals surface area contributed by atoms with Crippen LogP contribution in [0.4, 0.5) is 5.82 Å². The molecule has 2 amide bonds.